The molecule has 2 aromatic rings. The molecular formula is C13H16ClN3O2. The number of ether oxygens (including phenoxy) is 2. The molecule has 6 heteroatoms. The molecule has 0 spiro atoms. The van der Waals surface area contributed by atoms with E-state index >= 15 is 0 Å². The molecule has 0 bridgehead atoms. The largest absolute Gasteiger partial charge is 0.378 e. The van der Waals surface area contributed by atoms with Gasteiger partial charge in [0, 0.05) is 20.1 Å². The summed E-state index contributed by atoms with van der Waals surface area (Å²) in [5.74, 6) is 0.450. The van der Waals surface area contributed by atoms with Gasteiger partial charge in [-0.25, -0.2) is 4.98 Å². The second-order valence-electron chi connectivity index (χ2n) is 4.85. The molecule has 0 radical (unpaired) electrons. The van der Waals surface area contributed by atoms with E-state index in [1.54, 1.807) is 7.11 Å². The number of aromatic nitrogens is 2. The van der Waals surface area contributed by atoms with Gasteiger partial charge in [0.15, 0.2) is 0 Å². The van der Waals surface area contributed by atoms with E-state index in [1.807, 2.05) is 22.8 Å². The zero-order valence-corrected chi connectivity index (χ0v) is 11.5. The van der Waals surface area contributed by atoms with Crippen molar-refractivity contribution in [1.29, 1.82) is 0 Å². The summed E-state index contributed by atoms with van der Waals surface area (Å²) in [6.07, 6.45) is 0.850. The lowest BCUT2D eigenvalue weighted by molar-refractivity contribution is -0.0283. The van der Waals surface area contributed by atoms with E-state index in [4.69, 9.17) is 26.8 Å². The number of para-hydroxylation sites is 1. The molecule has 1 atom stereocenters. The maximum Gasteiger partial charge on any atom is 0.201 e. The number of halogens is 1. The highest BCUT2D eigenvalue weighted by Gasteiger charge is 2.36. The Bertz CT molecular complexity index is 605. The van der Waals surface area contributed by atoms with Crippen molar-refractivity contribution in [1.82, 2.24) is 9.55 Å². The van der Waals surface area contributed by atoms with E-state index in [9.17, 15) is 0 Å². The number of nitrogens with zero attached hydrogens (tertiary/aromatic N) is 2. The summed E-state index contributed by atoms with van der Waals surface area (Å²) in [5.41, 5.74) is 7.33. The molecule has 19 heavy (non-hydrogen) atoms. The van der Waals surface area contributed by atoms with E-state index in [0.717, 1.165) is 17.5 Å². The summed E-state index contributed by atoms with van der Waals surface area (Å²) in [4.78, 5) is 4.33. The van der Waals surface area contributed by atoms with Crippen LogP contribution in [0, 0.1) is 0 Å². The number of methoxy groups -OCH3 is 1. The van der Waals surface area contributed by atoms with Gasteiger partial charge in [-0.1, -0.05) is 17.7 Å². The van der Waals surface area contributed by atoms with Gasteiger partial charge in [-0.05, 0) is 12.1 Å². The van der Waals surface area contributed by atoms with Crippen LogP contribution in [0.15, 0.2) is 18.2 Å². The molecule has 1 saturated heterocycles. The van der Waals surface area contributed by atoms with Gasteiger partial charge in [0.2, 0.25) is 5.95 Å². The Hall–Kier alpha value is -1.30. The average molecular weight is 282 g/mol. The van der Waals surface area contributed by atoms with Crippen LogP contribution < -0.4 is 5.73 Å². The molecule has 1 aromatic heterocycles. The number of rotatable bonds is 3. The number of nitrogens with two attached hydrogens (primary N) is 1. The van der Waals surface area contributed by atoms with Crippen LogP contribution in [0.3, 0.4) is 0 Å². The summed E-state index contributed by atoms with van der Waals surface area (Å²) in [6, 6.07) is 5.67. The highest BCUT2D eigenvalue weighted by Crippen LogP contribution is 2.30. The van der Waals surface area contributed by atoms with Gasteiger partial charge in [-0.3, -0.25) is 0 Å². The summed E-state index contributed by atoms with van der Waals surface area (Å²) in [7, 11) is 1.71. The third kappa shape index (κ3) is 2.08. The Kier molecular flexibility index (Phi) is 3.12. The van der Waals surface area contributed by atoms with Gasteiger partial charge in [-0.15, -0.1) is 0 Å². The SMILES string of the molecule is COC1(Cn2c(N)nc3c(Cl)cccc32)CCOC1. The van der Waals surface area contributed by atoms with Crippen LogP contribution in [0.2, 0.25) is 5.02 Å². The summed E-state index contributed by atoms with van der Waals surface area (Å²) in [6.45, 7) is 1.90. The van der Waals surface area contributed by atoms with Crippen LogP contribution in [0.4, 0.5) is 5.95 Å². The van der Waals surface area contributed by atoms with Gasteiger partial charge in [0.25, 0.3) is 0 Å². The number of anilines is 1. The first-order valence-corrected chi connectivity index (χ1v) is 6.56. The molecule has 1 aromatic carbocycles. The minimum absolute atomic E-state index is 0.329. The Labute approximate surface area is 116 Å². The number of benzene rings is 1. The van der Waals surface area contributed by atoms with E-state index < -0.39 is 0 Å². The summed E-state index contributed by atoms with van der Waals surface area (Å²) < 4.78 is 13.0. The highest BCUT2D eigenvalue weighted by molar-refractivity contribution is 6.35. The van der Waals surface area contributed by atoms with Crippen LogP contribution >= 0.6 is 11.6 Å². The zero-order valence-electron chi connectivity index (χ0n) is 10.7. The fraction of sp³-hybridized carbons (Fsp3) is 0.462. The molecule has 0 aliphatic carbocycles. The topological polar surface area (TPSA) is 62.3 Å². The predicted molar refractivity (Wildman–Crippen MR) is 74.3 cm³/mol. The van der Waals surface area contributed by atoms with Crippen molar-refractivity contribution in [2.24, 2.45) is 0 Å². The molecular weight excluding hydrogens is 266 g/mol. The standard InChI is InChI=1S/C13H16ClN3O2/c1-18-13(5-6-19-8-13)7-17-10-4-2-3-9(14)11(10)16-12(17)15/h2-4H,5-8H2,1H3,(H2,15,16). The van der Waals surface area contributed by atoms with Crippen LogP contribution in [-0.2, 0) is 16.0 Å². The molecule has 1 aliphatic rings. The summed E-state index contributed by atoms with van der Waals surface area (Å²) >= 11 is 6.14. The predicted octanol–water partition coefficient (Wildman–Crippen LogP) is 2.08. The van der Waals surface area contributed by atoms with Crippen molar-refractivity contribution in [3.05, 3.63) is 23.2 Å². The minimum atomic E-state index is -0.329. The van der Waals surface area contributed by atoms with Crippen molar-refractivity contribution >= 4 is 28.6 Å². The monoisotopic (exact) mass is 281 g/mol. The summed E-state index contributed by atoms with van der Waals surface area (Å²) in [5, 5.41) is 0.608. The Morgan fingerprint density at radius 2 is 2.42 bits per heavy atom. The molecule has 1 fully saturated rings. The second-order valence-corrected chi connectivity index (χ2v) is 5.26. The Morgan fingerprint density at radius 3 is 3.11 bits per heavy atom. The number of hydrogen-bond donors (Lipinski definition) is 1. The van der Waals surface area contributed by atoms with Gasteiger partial charge >= 0.3 is 0 Å². The zero-order chi connectivity index (χ0) is 13.5. The number of fused-ring (bicyclic) bond motifs is 1. The Balaban J connectivity index is 2.05. The minimum Gasteiger partial charge on any atom is -0.378 e. The van der Waals surface area contributed by atoms with E-state index in [0.29, 0.717) is 30.7 Å². The van der Waals surface area contributed by atoms with E-state index in [1.165, 1.54) is 0 Å². The Morgan fingerprint density at radius 1 is 1.58 bits per heavy atom. The number of imidazole rings is 1. The van der Waals surface area contributed by atoms with Crippen LogP contribution in [0.5, 0.6) is 0 Å². The maximum absolute atomic E-state index is 6.14. The molecule has 0 saturated carbocycles. The molecule has 5 nitrogen and oxygen atoms in total. The van der Waals surface area contributed by atoms with Gasteiger partial charge in [-0.2, -0.15) is 0 Å². The molecule has 102 valence electrons. The van der Waals surface area contributed by atoms with E-state index in [-0.39, 0.29) is 5.60 Å². The molecule has 1 aliphatic heterocycles. The number of nitrogen functional groups attached to an aromatic ring is 1. The lowest BCUT2D eigenvalue weighted by Gasteiger charge is -2.26. The van der Waals surface area contributed by atoms with E-state index in [2.05, 4.69) is 4.98 Å². The second kappa shape index (κ2) is 4.67. The quantitative estimate of drug-likeness (QED) is 0.936. The molecule has 3 rings (SSSR count). The lowest BCUT2D eigenvalue weighted by atomic mass is 10.0. The number of hydrogen-bond acceptors (Lipinski definition) is 4. The highest BCUT2D eigenvalue weighted by atomic mass is 35.5. The van der Waals surface area contributed by atoms with Crippen LogP contribution in [-0.4, -0.2) is 35.5 Å². The molecule has 2 heterocycles. The van der Waals surface area contributed by atoms with Crippen molar-refractivity contribution in [2.75, 3.05) is 26.1 Å². The van der Waals surface area contributed by atoms with Gasteiger partial charge in [0.05, 0.1) is 23.7 Å². The lowest BCUT2D eigenvalue weighted by Crippen LogP contribution is -2.37. The maximum atomic E-state index is 6.14. The van der Waals surface area contributed by atoms with Crippen molar-refractivity contribution < 1.29 is 9.47 Å². The smallest absolute Gasteiger partial charge is 0.201 e. The van der Waals surface area contributed by atoms with Gasteiger partial charge in [0.1, 0.15) is 11.1 Å². The molecule has 0 amide bonds. The van der Waals surface area contributed by atoms with Crippen molar-refractivity contribution in [3.8, 4) is 0 Å². The fourth-order valence-corrected chi connectivity index (χ4v) is 2.74. The molecule has 1 unspecified atom stereocenters. The molecule has 2 N–H and O–H groups in total. The fourth-order valence-electron chi connectivity index (χ4n) is 2.52. The normalized spacial score (nSPS) is 23.3. The van der Waals surface area contributed by atoms with Crippen LogP contribution in [0.1, 0.15) is 6.42 Å². The average Bonchev–Trinajstić information content (AvgIpc) is 2.99. The third-order valence-electron chi connectivity index (χ3n) is 3.71. The van der Waals surface area contributed by atoms with Crippen molar-refractivity contribution in [3.63, 3.8) is 0 Å². The van der Waals surface area contributed by atoms with Crippen LogP contribution in [0.25, 0.3) is 11.0 Å². The first-order valence-electron chi connectivity index (χ1n) is 6.18. The van der Waals surface area contributed by atoms with Gasteiger partial charge < -0.3 is 19.8 Å². The third-order valence-corrected chi connectivity index (χ3v) is 4.01. The first-order chi connectivity index (χ1) is 9.15. The first kappa shape index (κ1) is 12.7. The van der Waals surface area contributed by atoms with Crippen molar-refractivity contribution in [2.45, 2.75) is 18.6 Å².